The first-order chi connectivity index (χ1) is 12.9. The number of nitrogens with one attached hydrogen (secondary N) is 1. The fourth-order valence-electron chi connectivity index (χ4n) is 3.29. The van der Waals surface area contributed by atoms with E-state index in [0.29, 0.717) is 16.5 Å². The van der Waals surface area contributed by atoms with Crippen molar-refractivity contribution in [3.63, 3.8) is 0 Å². The molecule has 0 saturated heterocycles. The van der Waals surface area contributed by atoms with Crippen molar-refractivity contribution in [1.29, 1.82) is 0 Å². The lowest BCUT2D eigenvalue weighted by Crippen LogP contribution is -2.26. The van der Waals surface area contributed by atoms with Crippen LogP contribution in [0.15, 0.2) is 24.3 Å². The molecular weight excluding hydrogens is 366 g/mol. The third-order valence-electron chi connectivity index (χ3n) is 4.61. The molecule has 0 bridgehead atoms. The molecule has 0 saturated carbocycles. The number of thiophene rings is 1. The van der Waals surface area contributed by atoms with E-state index in [1.807, 2.05) is 0 Å². The molecule has 3 rings (SSSR count). The Hall–Kier alpha value is -2.67. The highest BCUT2D eigenvalue weighted by Gasteiger charge is 2.29. The Morgan fingerprint density at radius 3 is 2.63 bits per heavy atom. The van der Waals surface area contributed by atoms with Gasteiger partial charge in [-0.05, 0) is 43.7 Å². The Morgan fingerprint density at radius 1 is 1.26 bits per heavy atom. The number of anilines is 1. The number of hydrogen-bond donors (Lipinski definition) is 1. The van der Waals surface area contributed by atoms with Crippen LogP contribution in [-0.4, -0.2) is 24.5 Å². The molecule has 1 atom stereocenters. The summed E-state index contributed by atoms with van der Waals surface area (Å²) in [6.07, 6.45) is 2.57. The van der Waals surface area contributed by atoms with Gasteiger partial charge in [-0.1, -0.05) is 25.1 Å². The number of amides is 1. The van der Waals surface area contributed by atoms with Gasteiger partial charge in [-0.2, -0.15) is 0 Å². The zero-order chi connectivity index (χ0) is 19.6. The SMILES string of the molecule is CCOC(=O)c1c(NC(=O)c2ccccc2C(=O)[O-])sc2c1CC[C@@H](C)C2. The van der Waals surface area contributed by atoms with Crippen molar-refractivity contribution in [2.24, 2.45) is 5.92 Å². The van der Waals surface area contributed by atoms with E-state index in [2.05, 4.69) is 12.2 Å². The van der Waals surface area contributed by atoms with Gasteiger partial charge in [0.25, 0.3) is 5.91 Å². The number of carboxylic acids is 1. The minimum Gasteiger partial charge on any atom is -0.545 e. The number of esters is 1. The molecule has 1 aromatic heterocycles. The average Bonchev–Trinajstić information content (AvgIpc) is 2.98. The summed E-state index contributed by atoms with van der Waals surface area (Å²) < 4.78 is 5.18. The van der Waals surface area contributed by atoms with Gasteiger partial charge in [-0.3, -0.25) is 4.79 Å². The molecule has 1 N–H and O–H groups in total. The number of carboxylic acid groups (broad SMARTS) is 1. The second kappa shape index (κ2) is 7.92. The molecule has 2 aromatic rings. The first-order valence-corrected chi connectivity index (χ1v) is 9.67. The summed E-state index contributed by atoms with van der Waals surface area (Å²) in [6, 6.07) is 5.84. The lowest BCUT2D eigenvalue weighted by molar-refractivity contribution is -0.255. The first kappa shape index (κ1) is 19.1. The largest absolute Gasteiger partial charge is 0.545 e. The molecule has 1 aliphatic rings. The molecule has 142 valence electrons. The molecule has 0 spiro atoms. The summed E-state index contributed by atoms with van der Waals surface area (Å²) in [7, 11) is 0. The van der Waals surface area contributed by atoms with Crippen LogP contribution >= 0.6 is 11.3 Å². The van der Waals surface area contributed by atoms with Crippen LogP contribution in [0, 0.1) is 5.92 Å². The molecule has 1 aliphatic carbocycles. The maximum Gasteiger partial charge on any atom is 0.341 e. The Kier molecular flexibility index (Phi) is 5.60. The molecule has 1 heterocycles. The maximum atomic E-state index is 12.7. The lowest BCUT2D eigenvalue weighted by atomic mass is 9.88. The minimum absolute atomic E-state index is 0.00736. The van der Waals surface area contributed by atoms with E-state index in [0.717, 1.165) is 29.7 Å². The monoisotopic (exact) mass is 386 g/mol. The Balaban J connectivity index is 1.98. The number of carbonyl (C=O) groups excluding carboxylic acids is 3. The summed E-state index contributed by atoms with van der Waals surface area (Å²) in [5.74, 6) is -1.97. The van der Waals surface area contributed by atoms with E-state index < -0.39 is 17.8 Å². The number of fused-ring (bicyclic) bond motifs is 1. The summed E-state index contributed by atoms with van der Waals surface area (Å²) in [5.41, 5.74) is 1.12. The van der Waals surface area contributed by atoms with E-state index in [-0.39, 0.29) is 17.7 Å². The zero-order valence-corrected chi connectivity index (χ0v) is 16.0. The molecule has 6 nitrogen and oxygen atoms in total. The number of ether oxygens (including phenoxy) is 1. The van der Waals surface area contributed by atoms with Gasteiger partial charge < -0.3 is 20.0 Å². The molecule has 0 unspecified atom stereocenters. The van der Waals surface area contributed by atoms with Gasteiger partial charge in [-0.25, -0.2) is 4.79 Å². The fraction of sp³-hybridized carbons (Fsp3) is 0.350. The van der Waals surface area contributed by atoms with Crippen LogP contribution in [0.3, 0.4) is 0 Å². The van der Waals surface area contributed by atoms with Crippen molar-refractivity contribution >= 4 is 34.2 Å². The average molecular weight is 386 g/mol. The molecule has 7 heteroatoms. The van der Waals surface area contributed by atoms with E-state index in [9.17, 15) is 19.5 Å². The summed E-state index contributed by atoms with van der Waals surface area (Å²) in [4.78, 5) is 37.5. The molecule has 0 radical (unpaired) electrons. The second-order valence-corrected chi connectivity index (χ2v) is 7.67. The van der Waals surface area contributed by atoms with E-state index >= 15 is 0 Å². The molecule has 27 heavy (non-hydrogen) atoms. The molecule has 0 fully saturated rings. The maximum absolute atomic E-state index is 12.7. The van der Waals surface area contributed by atoms with Gasteiger partial charge in [0.05, 0.1) is 18.1 Å². The van der Waals surface area contributed by atoms with Crippen LogP contribution in [0.5, 0.6) is 0 Å². The first-order valence-electron chi connectivity index (χ1n) is 8.85. The number of benzene rings is 1. The Bertz CT molecular complexity index is 902. The van der Waals surface area contributed by atoms with Crippen LogP contribution in [0.1, 0.15) is 61.8 Å². The van der Waals surface area contributed by atoms with E-state index in [1.165, 1.54) is 29.5 Å². The van der Waals surface area contributed by atoms with Crippen LogP contribution in [0.25, 0.3) is 0 Å². The van der Waals surface area contributed by atoms with Crippen molar-refractivity contribution in [2.45, 2.75) is 33.1 Å². The number of aromatic carboxylic acids is 1. The van der Waals surface area contributed by atoms with Crippen molar-refractivity contribution in [2.75, 3.05) is 11.9 Å². The van der Waals surface area contributed by atoms with Gasteiger partial charge >= 0.3 is 5.97 Å². The minimum atomic E-state index is -1.43. The van der Waals surface area contributed by atoms with Crippen molar-refractivity contribution in [3.05, 3.63) is 51.4 Å². The van der Waals surface area contributed by atoms with E-state index in [1.54, 1.807) is 13.0 Å². The van der Waals surface area contributed by atoms with Crippen molar-refractivity contribution in [1.82, 2.24) is 0 Å². The van der Waals surface area contributed by atoms with Gasteiger partial charge in [0.1, 0.15) is 5.00 Å². The second-order valence-electron chi connectivity index (χ2n) is 6.56. The van der Waals surface area contributed by atoms with Gasteiger partial charge in [0, 0.05) is 16.0 Å². The van der Waals surface area contributed by atoms with Crippen LogP contribution in [0.4, 0.5) is 5.00 Å². The Labute approximate surface area is 161 Å². The molecule has 1 amide bonds. The zero-order valence-electron chi connectivity index (χ0n) is 15.2. The van der Waals surface area contributed by atoms with Crippen molar-refractivity contribution in [3.8, 4) is 0 Å². The van der Waals surface area contributed by atoms with Crippen molar-refractivity contribution < 1.29 is 24.2 Å². The van der Waals surface area contributed by atoms with Gasteiger partial charge in [-0.15, -0.1) is 11.3 Å². The summed E-state index contributed by atoms with van der Waals surface area (Å²) in [6.45, 7) is 4.12. The molecular formula is C20H20NO5S-. The third-order valence-corrected chi connectivity index (χ3v) is 5.78. The Morgan fingerprint density at radius 2 is 1.96 bits per heavy atom. The predicted molar refractivity (Wildman–Crippen MR) is 100 cm³/mol. The van der Waals surface area contributed by atoms with Crippen LogP contribution < -0.4 is 10.4 Å². The van der Waals surface area contributed by atoms with Crippen LogP contribution in [0.2, 0.25) is 0 Å². The highest BCUT2D eigenvalue weighted by molar-refractivity contribution is 7.17. The third kappa shape index (κ3) is 3.88. The number of rotatable bonds is 5. The predicted octanol–water partition coefficient (Wildman–Crippen LogP) is 2.67. The summed E-state index contributed by atoms with van der Waals surface area (Å²) in [5, 5.41) is 14.4. The fourth-order valence-corrected chi connectivity index (χ4v) is 4.68. The van der Waals surface area contributed by atoms with Gasteiger partial charge in [0.2, 0.25) is 0 Å². The quantitative estimate of drug-likeness (QED) is 0.797. The van der Waals surface area contributed by atoms with Gasteiger partial charge in [0.15, 0.2) is 0 Å². The standard InChI is InChI=1S/C20H21NO5S/c1-3-26-20(25)16-14-9-8-11(2)10-15(14)27-18(16)21-17(22)12-6-4-5-7-13(12)19(23)24/h4-7,11H,3,8-10H2,1-2H3,(H,21,22)(H,23,24)/p-1/t11-/m1/s1. The van der Waals surface area contributed by atoms with Crippen LogP contribution in [-0.2, 0) is 17.6 Å². The molecule has 0 aliphatic heterocycles. The normalized spacial score (nSPS) is 15.7. The lowest BCUT2D eigenvalue weighted by Gasteiger charge is -2.18. The number of hydrogen-bond acceptors (Lipinski definition) is 6. The summed E-state index contributed by atoms with van der Waals surface area (Å²) >= 11 is 1.36. The topological polar surface area (TPSA) is 95.5 Å². The molecule has 1 aromatic carbocycles. The highest BCUT2D eigenvalue weighted by atomic mass is 32.1. The highest BCUT2D eigenvalue weighted by Crippen LogP contribution is 2.40. The van der Waals surface area contributed by atoms with E-state index in [4.69, 9.17) is 4.74 Å². The number of carbonyl (C=O) groups is 3. The smallest absolute Gasteiger partial charge is 0.341 e.